The molecule has 0 aliphatic carbocycles. The second-order valence-corrected chi connectivity index (χ2v) is 6.61. The number of nitrogens with one attached hydrogen (secondary N) is 2. The highest BCUT2D eigenvalue weighted by Gasteiger charge is 2.31. The van der Waals surface area contributed by atoms with Gasteiger partial charge in [0.25, 0.3) is 0 Å². The number of aromatic nitrogens is 2. The summed E-state index contributed by atoms with van der Waals surface area (Å²) in [6.45, 7) is 0.422. The highest BCUT2D eigenvalue weighted by atomic mass is 35.5. The SMILES string of the molecule is OCCCNc1nc(Nc2cccc(Cl)c2)cc(-c2cccc(OC(F)(F)F)c2)n1. The molecule has 0 radical (unpaired) electrons. The molecule has 3 rings (SSSR count). The van der Waals surface area contributed by atoms with Crippen molar-refractivity contribution < 1.29 is 23.0 Å². The molecule has 0 aliphatic heterocycles. The Kier molecular flexibility index (Phi) is 6.96. The van der Waals surface area contributed by atoms with Crippen molar-refractivity contribution in [3.63, 3.8) is 0 Å². The average molecular weight is 439 g/mol. The lowest BCUT2D eigenvalue weighted by Gasteiger charge is -2.13. The smallest absolute Gasteiger partial charge is 0.406 e. The molecule has 3 aromatic rings. The molecule has 0 saturated heterocycles. The van der Waals surface area contributed by atoms with Crippen LogP contribution in [0.15, 0.2) is 54.6 Å². The third kappa shape index (κ3) is 6.50. The molecule has 158 valence electrons. The maximum Gasteiger partial charge on any atom is 0.573 e. The van der Waals surface area contributed by atoms with E-state index in [0.717, 1.165) is 0 Å². The minimum Gasteiger partial charge on any atom is -0.406 e. The molecule has 0 spiro atoms. The van der Waals surface area contributed by atoms with Crippen LogP contribution in [0.25, 0.3) is 11.3 Å². The van der Waals surface area contributed by atoms with Crippen molar-refractivity contribution in [1.29, 1.82) is 0 Å². The zero-order valence-electron chi connectivity index (χ0n) is 15.6. The van der Waals surface area contributed by atoms with Gasteiger partial charge >= 0.3 is 6.36 Å². The number of aliphatic hydroxyl groups is 1. The molecular formula is C20H18ClF3N4O2. The molecule has 2 aromatic carbocycles. The van der Waals surface area contributed by atoms with Crippen LogP contribution in [0.5, 0.6) is 5.75 Å². The molecular weight excluding hydrogens is 421 g/mol. The van der Waals surface area contributed by atoms with Crippen molar-refractivity contribution in [3.05, 3.63) is 59.6 Å². The van der Waals surface area contributed by atoms with Crippen molar-refractivity contribution in [1.82, 2.24) is 9.97 Å². The van der Waals surface area contributed by atoms with E-state index < -0.39 is 6.36 Å². The topological polar surface area (TPSA) is 79.3 Å². The fourth-order valence-corrected chi connectivity index (χ4v) is 2.77. The predicted octanol–water partition coefficient (Wildman–Crippen LogP) is 5.23. The lowest BCUT2D eigenvalue weighted by atomic mass is 10.1. The van der Waals surface area contributed by atoms with Gasteiger partial charge in [-0.3, -0.25) is 0 Å². The lowest BCUT2D eigenvalue weighted by Crippen LogP contribution is -2.17. The van der Waals surface area contributed by atoms with E-state index in [1.54, 1.807) is 36.4 Å². The Morgan fingerprint density at radius 3 is 2.57 bits per heavy atom. The van der Waals surface area contributed by atoms with Gasteiger partial charge in [-0.15, -0.1) is 13.2 Å². The van der Waals surface area contributed by atoms with Crippen LogP contribution < -0.4 is 15.4 Å². The summed E-state index contributed by atoms with van der Waals surface area (Å²) in [5.41, 5.74) is 1.48. The van der Waals surface area contributed by atoms with Crippen molar-refractivity contribution >= 4 is 29.1 Å². The number of benzene rings is 2. The van der Waals surface area contributed by atoms with Gasteiger partial charge in [-0.1, -0.05) is 29.8 Å². The number of ether oxygens (including phenoxy) is 1. The van der Waals surface area contributed by atoms with Crippen LogP contribution in [-0.2, 0) is 0 Å². The number of aliphatic hydroxyl groups excluding tert-OH is 1. The van der Waals surface area contributed by atoms with Gasteiger partial charge in [0.2, 0.25) is 5.95 Å². The summed E-state index contributed by atoms with van der Waals surface area (Å²) in [7, 11) is 0. The monoisotopic (exact) mass is 438 g/mol. The first-order valence-electron chi connectivity index (χ1n) is 8.95. The second-order valence-electron chi connectivity index (χ2n) is 6.18. The van der Waals surface area contributed by atoms with Gasteiger partial charge in [0, 0.05) is 35.5 Å². The molecule has 0 aliphatic rings. The van der Waals surface area contributed by atoms with Crippen LogP contribution in [0.1, 0.15) is 6.42 Å². The molecule has 0 fully saturated rings. The number of nitrogens with zero attached hydrogens (tertiary/aromatic N) is 2. The van der Waals surface area contributed by atoms with E-state index in [1.807, 2.05) is 0 Å². The summed E-state index contributed by atoms with van der Waals surface area (Å²) in [6, 6.07) is 14.1. The zero-order valence-corrected chi connectivity index (χ0v) is 16.3. The average Bonchev–Trinajstić information content (AvgIpc) is 2.67. The summed E-state index contributed by atoms with van der Waals surface area (Å²) in [5.74, 6) is 0.321. The number of hydrogen-bond donors (Lipinski definition) is 3. The van der Waals surface area contributed by atoms with E-state index in [2.05, 4.69) is 25.3 Å². The van der Waals surface area contributed by atoms with Gasteiger partial charge in [-0.2, -0.15) is 4.98 Å². The normalized spacial score (nSPS) is 11.2. The molecule has 10 heteroatoms. The van der Waals surface area contributed by atoms with E-state index >= 15 is 0 Å². The maximum absolute atomic E-state index is 12.6. The Balaban J connectivity index is 1.94. The number of anilines is 3. The van der Waals surface area contributed by atoms with E-state index in [1.165, 1.54) is 18.2 Å². The molecule has 1 heterocycles. The number of rotatable bonds is 8. The minimum atomic E-state index is -4.79. The van der Waals surface area contributed by atoms with E-state index in [4.69, 9.17) is 16.7 Å². The number of halogens is 4. The zero-order chi connectivity index (χ0) is 21.6. The molecule has 30 heavy (non-hydrogen) atoms. The molecule has 6 nitrogen and oxygen atoms in total. The lowest BCUT2D eigenvalue weighted by molar-refractivity contribution is -0.274. The van der Waals surface area contributed by atoms with Crippen molar-refractivity contribution in [3.8, 4) is 17.0 Å². The van der Waals surface area contributed by atoms with Crippen molar-refractivity contribution in [2.24, 2.45) is 0 Å². The first-order valence-corrected chi connectivity index (χ1v) is 9.33. The summed E-state index contributed by atoms with van der Waals surface area (Å²) in [5, 5.41) is 15.6. The second kappa shape index (κ2) is 9.64. The van der Waals surface area contributed by atoms with Gasteiger partial charge in [0.1, 0.15) is 11.6 Å². The molecule has 0 atom stereocenters. The number of alkyl halides is 3. The van der Waals surface area contributed by atoms with Crippen molar-refractivity contribution in [2.75, 3.05) is 23.8 Å². The minimum absolute atomic E-state index is 0.00284. The highest BCUT2D eigenvalue weighted by Crippen LogP contribution is 2.29. The molecule has 0 bridgehead atoms. The van der Waals surface area contributed by atoms with Gasteiger partial charge in [-0.25, -0.2) is 4.98 Å². The van der Waals surface area contributed by atoms with Gasteiger partial charge in [0.15, 0.2) is 0 Å². The van der Waals surface area contributed by atoms with E-state index in [9.17, 15) is 13.2 Å². The molecule has 0 amide bonds. The van der Waals surface area contributed by atoms with Crippen LogP contribution in [0.2, 0.25) is 5.02 Å². The fraction of sp³-hybridized carbons (Fsp3) is 0.200. The Hall–Kier alpha value is -3.04. The van der Waals surface area contributed by atoms with Crippen LogP contribution in [-0.4, -0.2) is 34.6 Å². The van der Waals surface area contributed by atoms with Crippen LogP contribution in [0, 0.1) is 0 Å². The predicted molar refractivity (Wildman–Crippen MR) is 109 cm³/mol. The summed E-state index contributed by atoms with van der Waals surface area (Å²) >= 11 is 6.01. The largest absolute Gasteiger partial charge is 0.573 e. The first kappa shape index (κ1) is 21.7. The molecule has 3 N–H and O–H groups in total. The van der Waals surface area contributed by atoms with Gasteiger partial charge < -0.3 is 20.5 Å². The highest BCUT2D eigenvalue weighted by molar-refractivity contribution is 6.30. The first-order chi connectivity index (χ1) is 14.3. The van der Waals surface area contributed by atoms with Crippen molar-refractivity contribution in [2.45, 2.75) is 12.8 Å². The number of hydrogen-bond acceptors (Lipinski definition) is 6. The van der Waals surface area contributed by atoms with Crippen LogP contribution in [0.4, 0.5) is 30.6 Å². The summed E-state index contributed by atoms with van der Waals surface area (Å²) in [6.07, 6.45) is -4.31. The Bertz CT molecular complexity index is 1000. The van der Waals surface area contributed by atoms with E-state index in [0.29, 0.717) is 40.8 Å². The van der Waals surface area contributed by atoms with Crippen LogP contribution in [0.3, 0.4) is 0 Å². The molecule has 0 saturated carbocycles. The quantitative estimate of drug-likeness (QED) is 0.418. The van der Waals surface area contributed by atoms with Gasteiger partial charge in [0.05, 0.1) is 5.69 Å². The Morgan fingerprint density at radius 2 is 1.83 bits per heavy atom. The summed E-state index contributed by atoms with van der Waals surface area (Å²) in [4.78, 5) is 8.73. The molecule has 0 unspecified atom stereocenters. The maximum atomic E-state index is 12.6. The Labute approximate surface area is 175 Å². The summed E-state index contributed by atoms with van der Waals surface area (Å²) < 4.78 is 41.7. The van der Waals surface area contributed by atoms with Gasteiger partial charge in [-0.05, 0) is 36.8 Å². The third-order valence-electron chi connectivity index (χ3n) is 3.80. The Morgan fingerprint density at radius 1 is 1.03 bits per heavy atom. The fourth-order valence-electron chi connectivity index (χ4n) is 2.58. The standard InChI is InChI=1S/C20H18ClF3N4O2/c21-14-5-2-6-15(11-14)26-18-12-17(27-19(28-18)25-8-3-9-29)13-4-1-7-16(10-13)30-20(22,23)24/h1-2,4-7,10-12,29H,3,8-9H2,(H2,25,26,27,28). The third-order valence-corrected chi connectivity index (χ3v) is 4.04. The van der Waals surface area contributed by atoms with Crippen LogP contribution >= 0.6 is 11.6 Å². The molecule has 1 aromatic heterocycles. The van der Waals surface area contributed by atoms with E-state index in [-0.39, 0.29) is 18.3 Å².